The standard InChI is InChI=1S/C15H20ClN3O/c16-12-5-6-15-17-13(10-19(15)8-12)9-18-7-3-1-2-4-14(18)11-20/h5-6,8,10,14,20H,1-4,7,9,11H2. The lowest BCUT2D eigenvalue weighted by Crippen LogP contribution is -2.37. The van der Waals surface area contributed by atoms with Gasteiger partial charge in [-0.25, -0.2) is 4.98 Å². The van der Waals surface area contributed by atoms with Crippen LogP contribution in [0.25, 0.3) is 5.65 Å². The number of imidazole rings is 1. The van der Waals surface area contributed by atoms with Crippen LogP contribution >= 0.6 is 11.6 Å². The van der Waals surface area contributed by atoms with Gasteiger partial charge >= 0.3 is 0 Å². The average Bonchev–Trinajstić information content (AvgIpc) is 2.68. The third-order valence-corrected chi connectivity index (χ3v) is 4.26. The lowest BCUT2D eigenvalue weighted by Gasteiger charge is -2.27. The Morgan fingerprint density at radius 3 is 3.00 bits per heavy atom. The van der Waals surface area contributed by atoms with Crippen LogP contribution in [-0.2, 0) is 6.54 Å². The molecule has 0 spiro atoms. The SMILES string of the molecule is OCC1CCCCCN1Cc1cn2cc(Cl)ccc2n1. The number of aliphatic hydroxyl groups excluding tert-OH is 1. The first kappa shape index (κ1) is 13.9. The molecule has 108 valence electrons. The van der Waals surface area contributed by atoms with Crippen molar-refractivity contribution < 1.29 is 5.11 Å². The summed E-state index contributed by atoms with van der Waals surface area (Å²) in [7, 11) is 0. The highest BCUT2D eigenvalue weighted by atomic mass is 35.5. The molecule has 20 heavy (non-hydrogen) atoms. The molecule has 2 aromatic rings. The molecule has 2 aromatic heterocycles. The minimum atomic E-state index is 0.235. The first-order valence-corrected chi connectivity index (χ1v) is 7.62. The van der Waals surface area contributed by atoms with Gasteiger partial charge in [-0.1, -0.05) is 24.4 Å². The van der Waals surface area contributed by atoms with Gasteiger partial charge in [0.05, 0.1) is 17.3 Å². The van der Waals surface area contributed by atoms with Crippen molar-refractivity contribution in [2.75, 3.05) is 13.2 Å². The molecule has 1 aliphatic heterocycles. The summed E-state index contributed by atoms with van der Waals surface area (Å²) in [4.78, 5) is 6.99. The Labute approximate surface area is 124 Å². The van der Waals surface area contributed by atoms with Crippen molar-refractivity contribution in [3.63, 3.8) is 0 Å². The molecular formula is C15H20ClN3O. The summed E-state index contributed by atoms with van der Waals surface area (Å²) in [6, 6.07) is 4.05. The van der Waals surface area contributed by atoms with E-state index in [4.69, 9.17) is 11.6 Å². The number of fused-ring (bicyclic) bond motifs is 1. The van der Waals surface area contributed by atoms with Gasteiger partial charge in [0.15, 0.2) is 0 Å². The summed E-state index contributed by atoms with van der Waals surface area (Å²) in [5.74, 6) is 0. The smallest absolute Gasteiger partial charge is 0.137 e. The molecule has 0 radical (unpaired) electrons. The second-order valence-electron chi connectivity index (χ2n) is 5.50. The lowest BCUT2D eigenvalue weighted by molar-refractivity contribution is 0.117. The van der Waals surface area contributed by atoms with Gasteiger partial charge in [0.2, 0.25) is 0 Å². The topological polar surface area (TPSA) is 40.8 Å². The quantitative estimate of drug-likeness (QED) is 0.946. The van der Waals surface area contributed by atoms with E-state index in [0.717, 1.165) is 30.9 Å². The second kappa shape index (κ2) is 6.12. The van der Waals surface area contributed by atoms with Crippen molar-refractivity contribution >= 4 is 17.2 Å². The highest BCUT2D eigenvalue weighted by Crippen LogP contribution is 2.19. The molecule has 0 aliphatic carbocycles. The van der Waals surface area contributed by atoms with Crippen LogP contribution < -0.4 is 0 Å². The Morgan fingerprint density at radius 2 is 2.15 bits per heavy atom. The highest BCUT2D eigenvalue weighted by molar-refractivity contribution is 6.30. The Bertz CT molecular complexity index is 584. The van der Waals surface area contributed by atoms with Crippen molar-refractivity contribution in [1.82, 2.24) is 14.3 Å². The van der Waals surface area contributed by atoms with E-state index >= 15 is 0 Å². The first-order valence-electron chi connectivity index (χ1n) is 7.24. The number of halogens is 1. The molecule has 1 fully saturated rings. The third kappa shape index (κ3) is 2.97. The van der Waals surface area contributed by atoms with Crippen molar-refractivity contribution in [2.24, 2.45) is 0 Å². The van der Waals surface area contributed by atoms with Crippen LogP contribution in [0, 0.1) is 0 Å². The predicted molar refractivity (Wildman–Crippen MR) is 80.0 cm³/mol. The molecule has 1 N–H and O–H groups in total. The number of nitrogens with zero attached hydrogens (tertiary/aromatic N) is 3. The lowest BCUT2D eigenvalue weighted by atomic mass is 10.1. The normalized spacial score (nSPS) is 21.2. The van der Waals surface area contributed by atoms with E-state index in [1.54, 1.807) is 0 Å². The van der Waals surface area contributed by atoms with Gasteiger partial charge < -0.3 is 9.51 Å². The molecule has 1 aliphatic rings. The summed E-state index contributed by atoms with van der Waals surface area (Å²) in [5.41, 5.74) is 1.95. The molecule has 1 atom stereocenters. The van der Waals surface area contributed by atoms with E-state index in [1.165, 1.54) is 19.3 Å². The van der Waals surface area contributed by atoms with Crippen LogP contribution in [0.4, 0.5) is 0 Å². The number of hydrogen-bond donors (Lipinski definition) is 1. The number of pyridine rings is 1. The Kier molecular flexibility index (Phi) is 4.24. The molecule has 1 saturated heterocycles. The minimum absolute atomic E-state index is 0.235. The summed E-state index contributed by atoms with van der Waals surface area (Å²) in [6.45, 7) is 2.07. The molecule has 1 unspecified atom stereocenters. The molecule has 3 rings (SSSR count). The zero-order valence-electron chi connectivity index (χ0n) is 11.5. The second-order valence-corrected chi connectivity index (χ2v) is 5.94. The summed E-state index contributed by atoms with van der Waals surface area (Å²) in [6.07, 6.45) is 8.65. The fourth-order valence-electron chi connectivity index (χ4n) is 2.95. The first-order chi connectivity index (χ1) is 9.76. The van der Waals surface area contributed by atoms with E-state index in [2.05, 4.69) is 9.88 Å². The largest absolute Gasteiger partial charge is 0.395 e. The van der Waals surface area contributed by atoms with Crippen LogP contribution in [-0.4, -0.2) is 38.6 Å². The molecule has 0 bridgehead atoms. The van der Waals surface area contributed by atoms with E-state index in [-0.39, 0.29) is 12.6 Å². The summed E-state index contributed by atoms with van der Waals surface area (Å²) in [5, 5.41) is 10.3. The maximum Gasteiger partial charge on any atom is 0.137 e. The van der Waals surface area contributed by atoms with Gasteiger partial charge in [0, 0.05) is 25.0 Å². The van der Waals surface area contributed by atoms with Crippen LogP contribution in [0.5, 0.6) is 0 Å². The molecule has 3 heterocycles. The molecule has 0 saturated carbocycles. The molecular weight excluding hydrogens is 274 g/mol. The van der Waals surface area contributed by atoms with Gasteiger partial charge in [-0.3, -0.25) is 4.90 Å². The summed E-state index contributed by atoms with van der Waals surface area (Å²) >= 11 is 5.99. The maximum atomic E-state index is 9.56. The van der Waals surface area contributed by atoms with Gasteiger partial charge in [-0.15, -0.1) is 0 Å². The van der Waals surface area contributed by atoms with E-state index in [1.807, 2.05) is 28.9 Å². The van der Waals surface area contributed by atoms with E-state index in [0.29, 0.717) is 5.02 Å². The number of likely N-dealkylation sites (tertiary alicyclic amines) is 1. The van der Waals surface area contributed by atoms with Gasteiger partial charge in [-0.2, -0.15) is 0 Å². The van der Waals surface area contributed by atoms with Crippen LogP contribution in [0.2, 0.25) is 5.02 Å². The maximum absolute atomic E-state index is 9.56. The number of aliphatic hydroxyl groups is 1. The monoisotopic (exact) mass is 293 g/mol. The van der Waals surface area contributed by atoms with Gasteiger partial charge in [-0.05, 0) is 31.5 Å². The minimum Gasteiger partial charge on any atom is -0.395 e. The van der Waals surface area contributed by atoms with E-state index in [9.17, 15) is 5.11 Å². The Morgan fingerprint density at radius 1 is 1.25 bits per heavy atom. The van der Waals surface area contributed by atoms with Crippen molar-refractivity contribution in [3.05, 3.63) is 35.2 Å². The Hall–Kier alpha value is -1.10. The molecule has 4 nitrogen and oxygen atoms in total. The molecule has 0 amide bonds. The fourth-order valence-corrected chi connectivity index (χ4v) is 3.12. The summed E-state index contributed by atoms with van der Waals surface area (Å²) < 4.78 is 1.96. The van der Waals surface area contributed by atoms with Crippen LogP contribution in [0.3, 0.4) is 0 Å². The van der Waals surface area contributed by atoms with Crippen molar-refractivity contribution in [3.8, 4) is 0 Å². The van der Waals surface area contributed by atoms with Crippen molar-refractivity contribution in [2.45, 2.75) is 38.3 Å². The highest BCUT2D eigenvalue weighted by Gasteiger charge is 2.21. The van der Waals surface area contributed by atoms with E-state index < -0.39 is 0 Å². The number of aromatic nitrogens is 2. The average molecular weight is 294 g/mol. The van der Waals surface area contributed by atoms with Crippen LogP contribution in [0.15, 0.2) is 24.5 Å². The number of rotatable bonds is 3. The zero-order valence-corrected chi connectivity index (χ0v) is 12.3. The van der Waals surface area contributed by atoms with Crippen LogP contribution in [0.1, 0.15) is 31.4 Å². The predicted octanol–water partition coefficient (Wildman–Crippen LogP) is 2.72. The fraction of sp³-hybridized carbons (Fsp3) is 0.533. The number of hydrogen-bond acceptors (Lipinski definition) is 3. The Balaban J connectivity index is 1.80. The van der Waals surface area contributed by atoms with Gasteiger partial charge in [0.25, 0.3) is 0 Å². The molecule has 5 heteroatoms. The third-order valence-electron chi connectivity index (χ3n) is 4.04. The van der Waals surface area contributed by atoms with Gasteiger partial charge in [0.1, 0.15) is 5.65 Å². The molecule has 0 aromatic carbocycles. The van der Waals surface area contributed by atoms with Crippen molar-refractivity contribution in [1.29, 1.82) is 0 Å². The zero-order chi connectivity index (χ0) is 13.9.